The molecule has 2 aromatic rings. The maximum atomic E-state index is 12.5. The Morgan fingerprint density at radius 3 is 2.24 bits per heavy atom. The molecule has 2 aromatic carbocycles. The molecule has 0 fully saturated rings. The van der Waals surface area contributed by atoms with Gasteiger partial charge in [0.25, 0.3) is 0 Å². The van der Waals surface area contributed by atoms with Crippen molar-refractivity contribution in [1.82, 2.24) is 9.21 Å². The number of hydrogen-bond donors (Lipinski definition) is 1. The van der Waals surface area contributed by atoms with E-state index in [1.54, 1.807) is 36.2 Å². The summed E-state index contributed by atoms with van der Waals surface area (Å²) in [6.07, 6.45) is 0. The van der Waals surface area contributed by atoms with E-state index in [9.17, 15) is 13.2 Å². The number of anilines is 1. The van der Waals surface area contributed by atoms with Gasteiger partial charge in [0.2, 0.25) is 15.9 Å². The van der Waals surface area contributed by atoms with Crippen LogP contribution >= 0.6 is 23.2 Å². The molecule has 0 radical (unpaired) electrons. The van der Waals surface area contributed by atoms with Gasteiger partial charge in [-0.05, 0) is 49.0 Å². The largest absolute Gasteiger partial charge is 0.495 e. The summed E-state index contributed by atoms with van der Waals surface area (Å²) in [4.78, 5) is 14.2. The van der Waals surface area contributed by atoms with Gasteiger partial charge in [0, 0.05) is 36.4 Å². The lowest BCUT2D eigenvalue weighted by Gasteiger charge is -2.18. The number of carbonyl (C=O) groups excluding carboxylic acids is 1. The minimum Gasteiger partial charge on any atom is -0.495 e. The molecule has 1 N–H and O–H groups in total. The van der Waals surface area contributed by atoms with E-state index in [-0.39, 0.29) is 23.1 Å². The van der Waals surface area contributed by atoms with Gasteiger partial charge in [-0.1, -0.05) is 23.2 Å². The van der Waals surface area contributed by atoms with Gasteiger partial charge in [-0.3, -0.25) is 9.69 Å². The third kappa shape index (κ3) is 6.32. The van der Waals surface area contributed by atoms with Crippen LogP contribution in [0, 0.1) is 0 Å². The Kier molecular flexibility index (Phi) is 7.90. The molecule has 0 saturated heterocycles. The van der Waals surface area contributed by atoms with Crippen molar-refractivity contribution in [2.45, 2.75) is 11.4 Å². The van der Waals surface area contributed by atoms with E-state index in [0.717, 1.165) is 9.87 Å². The van der Waals surface area contributed by atoms with Gasteiger partial charge >= 0.3 is 0 Å². The van der Waals surface area contributed by atoms with Crippen LogP contribution in [-0.2, 0) is 21.4 Å². The van der Waals surface area contributed by atoms with Crippen molar-refractivity contribution in [1.29, 1.82) is 0 Å². The molecule has 29 heavy (non-hydrogen) atoms. The third-order valence-corrected chi connectivity index (χ3v) is 6.27. The summed E-state index contributed by atoms with van der Waals surface area (Å²) >= 11 is 12.0. The highest BCUT2D eigenvalue weighted by atomic mass is 35.5. The highest BCUT2D eigenvalue weighted by molar-refractivity contribution is 7.89. The van der Waals surface area contributed by atoms with Crippen LogP contribution in [0.1, 0.15) is 5.56 Å². The Bertz CT molecular complexity index is 977. The second kappa shape index (κ2) is 9.77. The highest BCUT2D eigenvalue weighted by Gasteiger charge is 2.23. The molecule has 0 aromatic heterocycles. The average molecular weight is 460 g/mol. The van der Waals surface area contributed by atoms with Crippen LogP contribution in [0.5, 0.6) is 5.75 Å². The van der Waals surface area contributed by atoms with Crippen LogP contribution < -0.4 is 10.1 Å². The fourth-order valence-corrected chi connectivity index (χ4v) is 4.31. The Hall–Kier alpha value is -1.84. The number of sulfonamides is 1. The molecule has 1 amide bonds. The Balaban J connectivity index is 2.10. The molecule has 7 nitrogen and oxygen atoms in total. The zero-order valence-electron chi connectivity index (χ0n) is 16.6. The highest BCUT2D eigenvalue weighted by Crippen LogP contribution is 2.29. The van der Waals surface area contributed by atoms with E-state index in [1.165, 1.54) is 33.3 Å². The predicted molar refractivity (Wildman–Crippen MR) is 115 cm³/mol. The summed E-state index contributed by atoms with van der Waals surface area (Å²) in [5, 5.41) is 3.77. The molecule has 10 heteroatoms. The molecule has 0 bridgehead atoms. The summed E-state index contributed by atoms with van der Waals surface area (Å²) in [6.45, 7) is 0.558. The van der Waals surface area contributed by atoms with Crippen LogP contribution in [0.25, 0.3) is 0 Å². The van der Waals surface area contributed by atoms with Gasteiger partial charge in [0.05, 0.1) is 13.7 Å². The lowest BCUT2D eigenvalue weighted by atomic mass is 10.2. The van der Waals surface area contributed by atoms with E-state index >= 15 is 0 Å². The second-order valence-electron chi connectivity index (χ2n) is 6.65. The molecule has 0 saturated carbocycles. The molecule has 0 unspecified atom stereocenters. The molecule has 0 heterocycles. The summed E-state index contributed by atoms with van der Waals surface area (Å²) in [5.41, 5.74) is 1.23. The Morgan fingerprint density at radius 1 is 1.07 bits per heavy atom. The molecule has 0 aliphatic rings. The van der Waals surface area contributed by atoms with Crippen molar-refractivity contribution < 1.29 is 17.9 Å². The number of halogens is 2. The summed E-state index contributed by atoms with van der Waals surface area (Å²) in [6, 6.07) is 9.67. The normalized spacial score (nSPS) is 11.7. The molecule has 158 valence electrons. The van der Waals surface area contributed by atoms with Crippen molar-refractivity contribution in [3.8, 4) is 5.75 Å². The third-order valence-electron chi connectivity index (χ3n) is 3.99. The molecule has 0 spiro atoms. The Labute approximate surface area is 181 Å². The molecule has 2 rings (SSSR count). The SMILES string of the molecule is COc1ccc(NC(=O)CN(C)Cc2cc(Cl)cc(Cl)c2)cc1S(=O)(=O)N(C)C. The second-order valence-corrected chi connectivity index (χ2v) is 9.64. The molecule has 0 atom stereocenters. The number of carbonyl (C=O) groups is 1. The number of rotatable bonds is 8. The molecule has 0 aliphatic carbocycles. The first-order valence-corrected chi connectivity index (χ1v) is 10.8. The first-order chi connectivity index (χ1) is 13.5. The van der Waals surface area contributed by atoms with Crippen molar-refractivity contribution in [2.24, 2.45) is 0 Å². The van der Waals surface area contributed by atoms with Crippen molar-refractivity contribution >= 4 is 44.8 Å². The topological polar surface area (TPSA) is 79.0 Å². The number of ether oxygens (including phenoxy) is 1. The number of hydrogen-bond acceptors (Lipinski definition) is 5. The lowest BCUT2D eigenvalue weighted by Crippen LogP contribution is -2.30. The number of likely N-dealkylation sites (N-methyl/N-ethyl adjacent to an activating group) is 1. The molecular formula is C19H23Cl2N3O4S. The smallest absolute Gasteiger partial charge is 0.246 e. The van der Waals surface area contributed by atoms with Gasteiger partial charge < -0.3 is 10.1 Å². The zero-order valence-corrected chi connectivity index (χ0v) is 18.9. The fraction of sp³-hybridized carbons (Fsp3) is 0.316. The van der Waals surface area contributed by atoms with Crippen LogP contribution in [0.3, 0.4) is 0 Å². The monoisotopic (exact) mass is 459 g/mol. The Morgan fingerprint density at radius 2 is 1.69 bits per heavy atom. The van der Waals surface area contributed by atoms with Crippen molar-refractivity contribution in [3.05, 3.63) is 52.0 Å². The van der Waals surface area contributed by atoms with Crippen LogP contribution in [0.2, 0.25) is 10.0 Å². The van der Waals surface area contributed by atoms with E-state index in [2.05, 4.69) is 5.32 Å². The fourth-order valence-electron chi connectivity index (χ4n) is 2.67. The van der Waals surface area contributed by atoms with Crippen LogP contribution in [0.4, 0.5) is 5.69 Å². The van der Waals surface area contributed by atoms with Gasteiger partial charge in [0.1, 0.15) is 10.6 Å². The average Bonchev–Trinajstić information content (AvgIpc) is 2.60. The summed E-state index contributed by atoms with van der Waals surface area (Å²) < 4.78 is 31.2. The number of amides is 1. The van der Waals surface area contributed by atoms with Crippen LogP contribution in [0.15, 0.2) is 41.3 Å². The minimum absolute atomic E-state index is 0.0234. The molecular weight excluding hydrogens is 437 g/mol. The quantitative estimate of drug-likeness (QED) is 0.654. The van der Waals surface area contributed by atoms with Crippen LogP contribution in [-0.4, -0.2) is 58.3 Å². The summed E-state index contributed by atoms with van der Waals surface area (Å²) in [5.74, 6) is -0.0920. The zero-order chi connectivity index (χ0) is 21.8. The first-order valence-electron chi connectivity index (χ1n) is 8.57. The van der Waals surface area contributed by atoms with Gasteiger partial charge in [-0.25, -0.2) is 12.7 Å². The maximum absolute atomic E-state index is 12.5. The maximum Gasteiger partial charge on any atom is 0.246 e. The van der Waals surface area contributed by atoms with Crippen molar-refractivity contribution in [3.63, 3.8) is 0 Å². The number of methoxy groups -OCH3 is 1. The number of nitrogens with zero attached hydrogens (tertiary/aromatic N) is 2. The lowest BCUT2D eigenvalue weighted by molar-refractivity contribution is -0.117. The van der Waals surface area contributed by atoms with Gasteiger partial charge in [-0.2, -0.15) is 0 Å². The molecule has 0 aliphatic heterocycles. The predicted octanol–water partition coefficient (Wildman–Crippen LogP) is 3.32. The van der Waals surface area contributed by atoms with E-state index in [4.69, 9.17) is 27.9 Å². The number of benzene rings is 2. The first kappa shape index (κ1) is 23.4. The van der Waals surface area contributed by atoms with E-state index < -0.39 is 10.0 Å². The van der Waals surface area contributed by atoms with E-state index in [0.29, 0.717) is 22.3 Å². The number of nitrogens with one attached hydrogen (secondary N) is 1. The van der Waals surface area contributed by atoms with E-state index in [1.807, 2.05) is 0 Å². The standard InChI is InChI=1S/C19H23Cl2N3O4S/c1-23(2)29(26,27)18-10-16(5-6-17(18)28-4)22-19(25)12-24(3)11-13-7-14(20)9-15(21)8-13/h5-10H,11-12H2,1-4H3,(H,22,25). The van der Waals surface area contributed by atoms with Crippen molar-refractivity contribution in [2.75, 3.05) is 40.1 Å². The summed E-state index contributed by atoms with van der Waals surface area (Å²) in [7, 11) is 2.30. The minimum atomic E-state index is -3.73. The van der Waals surface area contributed by atoms with Gasteiger partial charge in [-0.15, -0.1) is 0 Å². The van der Waals surface area contributed by atoms with Gasteiger partial charge in [0.15, 0.2) is 0 Å².